The molecule has 190 valence electrons. The number of benzene rings is 1. The molecule has 11 nitrogen and oxygen atoms in total. The number of carbonyl (C=O) groups excluding carboxylic acids is 3. The maximum absolute atomic E-state index is 13.1. The number of hydrogen-bond donors (Lipinski definition) is 8. The van der Waals surface area contributed by atoms with Crippen molar-refractivity contribution in [2.45, 2.75) is 63.9 Å². The Morgan fingerprint density at radius 1 is 0.971 bits per heavy atom. The van der Waals surface area contributed by atoms with Crippen molar-refractivity contribution < 1.29 is 34.5 Å². The van der Waals surface area contributed by atoms with Crippen LogP contribution < -0.4 is 21.7 Å². The molecule has 0 heterocycles. The maximum atomic E-state index is 13.1. The number of hydrogen-bond acceptors (Lipinski definition) is 8. The SMILES string of the molecule is CCC(C)C(N)C(=O)NC(Cc1ccc(O)cc1)C(=O)NC(C(=O)NC(CS)C(=O)O)C(C)O. The average Bonchev–Trinajstić information content (AvgIpc) is 2.79. The molecule has 1 aromatic carbocycles. The van der Waals surface area contributed by atoms with E-state index in [9.17, 15) is 29.4 Å². The first-order valence-electron chi connectivity index (χ1n) is 10.9. The van der Waals surface area contributed by atoms with Gasteiger partial charge in [-0.15, -0.1) is 0 Å². The smallest absolute Gasteiger partial charge is 0.327 e. The Kier molecular flexibility index (Phi) is 11.8. The lowest BCUT2D eigenvalue weighted by Gasteiger charge is -2.27. The molecule has 0 fully saturated rings. The van der Waals surface area contributed by atoms with Gasteiger partial charge in [0.05, 0.1) is 12.1 Å². The van der Waals surface area contributed by atoms with Crippen molar-refractivity contribution in [1.82, 2.24) is 16.0 Å². The highest BCUT2D eigenvalue weighted by Crippen LogP contribution is 2.13. The molecule has 0 saturated heterocycles. The minimum absolute atomic E-state index is 0.00756. The van der Waals surface area contributed by atoms with Gasteiger partial charge in [-0.3, -0.25) is 14.4 Å². The highest BCUT2D eigenvalue weighted by Gasteiger charge is 2.33. The second-order valence-corrected chi connectivity index (χ2v) is 8.52. The van der Waals surface area contributed by atoms with Gasteiger partial charge in [0, 0.05) is 12.2 Å². The first kappa shape index (κ1) is 29.2. The van der Waals surface area contributed by atoms with E-state index in [4.69, 9.17) is 10.8 Å². The van der Waals surface area contributed by atoms with E-state index in [2.05, 4.69) is 28.6 Å². The zero-order valence-corrected chi connectivity index (χ0v) is 20.3. The van der Waals surface area contributed by atoms with Crippen LogP contribution >= 0.6 is 12.6 Å². The van der Waals surface area contributed by atoms with Crippen molar-refractivity contribution in [3.05, 3.63) is 29.8 Å². The van der Waals surface area contributed by atoms with Gasteiger partial charge >= 0.3 is 5.97 Å². The Balaban J connectivity index is 3.10. The highest BCUT2D eigenvalue weighted by atomic mass is 32.1. The Labute approximate surface area is 203 Å². The third kappa shape index (κ3) is 8.84. The normalized spacial score (nSPS) is 16.3. The number of phenolic OH excluding ortho intramolecular Hbond substituents is 1. The first-order valence-corrected chi connectivity index (χ1v) is 11.5. The van der Waals surface area contributed by atoms with Gasteiger partial charge in [-0.25, -0.2) is 4.79 Å². The molecule has 0 spiro atoms. The molecule has 0 aliphatic heterocycles. The van der Waals surface area contributed by atoms with Crippen LogP contribution in [0.25, 0.3) is 0 Å². The second-order valence-electron chi connectivity index (χ2n) is 8.15. The molecular weight excluding hydrogens is 464 g/mol. The molecule has 6 atom stereocenters. The van der Waals surface area contributed by atoms with Crippen molar-refractivity contribution in [3.8, 4) is 5.75 Å². The Hall–Kier alpha value is -2.83. The number of aromatic hydroxyl groups is 1. The molecule has 1 rings (SSSR count). The third-order valence-corrected chi connectivity index (χ3v) is 5.79. The minimum atomic E-state index is -1.49. The van der Waals surface area contributed by atoms with Gasteiger partial charge in [0.15, 0.2) is 0 Å². The van der Waals surface area contributed by atoms with Crippen LogP contribution in [0.5, 0.6) is 5.75 Å². The summed E-state index contributed by atoms with van der Waals surface area (Å²) in [6, 6.07) is 1.13. The fourth-order valence-corrected chi connectivity index (χ4v) is 3.21. The van der Waals surface area contributed by atoms with Gasteiger partial charge in [0.1, 0.15) is 23.9 Å². The number of aliphatic carboxylic acids is 1. The number of nitrogens with two attached hydrogens (primary N) is 1. The number of aliphatic hydroxyl groups excluding tert-OH is 1. The number of rotatable bonds is 13. The number of phenols is 1. The monoisotopic (exact) mass is 498 g/mol. The summed E-state index contributed by atoms with van der Waals surface area (Å²) in [6.07, 6.45) is -0.720. The fraction of sp³-hybridized carbons (Fsp3) is 0.545. The number of aliphatic hydroxyl groups is 1. The zero-order valence-electron chi connectivity index (χ0n) is 19.4. The molecule has 0 saturated carbocycles. The molecule has 0 radical (unpaired) electrons. The number of carboxylic acid groups (broad SMARTS) is 1. The zero-order chi connectivity index (χ0) is 26.0. The molecule has 0 bridgehead atoms. The molecule has 12 heteroatoms. The van der Waals surface area contributed by atoms with Crippen molar-refractivity contribution in [2.75, 3.05) is 5.75 Å². The lowest BCUT2D eigenvalue weighted by atomic mass is 9.98. The van der Waals surface area contributed by atoms with E-state index >= 15 is 0 Å². The third-order valence-electron chi connectivity index (χ3n) is 5.43. The van der Waals surface area contributed by atoms with Gasteiger partial charge in [0.25, 0.3) is 0 Å². The van der Waals surface area contributed by atoms with E-state index in [1.54, 1.807) is 19.1 Å². The van der Waals surface area contributed by atoms with Crippen LogP contribution in [-0.2, 0) is 25.6 Å². The van der Waals surface area contributed by atoms with E-state index in [1.807, 2.05) is 6.92 Å². The fourth-order valence-electron chi connectivity index (χ4n) is 2.96. The van der Waals surface area contributed by atoms with Crippen LogP contribution in [0, 0.1) is 5.92 Å². The lowest BCUT2D eigenvalue weighted by Crippen LogP contribution is -2.60. The molecule has 8 N–H and O–H groups in total. The van der Waals surface area contributed by atoms with Crippen molar-refractivity contribution in [3.63, 3.8) is 0 Å². The highest BCUT2D eigenvalue weighted by molar-refractivity contribution is 7.80. The standard InChI is InChI=1S/C22H34N4O7S/c1-4-11(2)17(23)20(30)24-15(9-13-5-7-14(28)8-6-13)19(29)26-18(12(3)27)21(31)25-16(10-34)22(32)33/h5-8,11-12,15-18,27-28,34H,4,9-10,23H2,1-3H3,(H,24,30)(H,25,31)(H,26,29)(H,32,33). The Morgan fingerprint density at radius 3 is 2.00 bits per heavy atom. The quantitative estimate of drug-likeness (QED) is 0.161. The summed E-state index contributed by atoms with van der Waals surface area (Å²) in [4.78, 5) is 49.5. The molecule has 34 heavy (non-hydrogen) atoms. The summed E-state index contributed by atoms with van der Waals surface area (Å²) in [5.74, 6) is -3.91. The van der Waals surface area contributed by atoms with Gasteiger partial charge in [-0.05, 0) is 30.5 Å². The van der Waals surface area contributed by atoms with E-state index in [0.29, 0.717) is 12.0 Å². The summed E-state index contributed by atoms with van der Waals surface area (Å²) >= 11 is 3.87. The van der Waals surface area contributed by atoms with Crippen LogP contribution in [0.1, 0.15) is 32.8 Å². The van der Waals surface area contributed by atoms with Crippen LogP contribution in [0.15, 0.2) is 24.3 Å². The molecule has 0 aliphatic carbocycles. The van der Waals surface area contributed by atoms with Gasteiger partial charge in [-0.1, -0.05) is 32.4 Å². The number of thiol groups is 1. The summed E-state index contributed by atoms with van der Waals surface area (Å²) in [5.41, 5.74) is 6.59. The van der Waals surface area contributed by atoms with Crippen LogP contribution in [0.3, 0.4) is 0 Å². The Bertz CT molecular complexity index is 850. The van der Waals surface area contributed by atoms with Crippen LogP contribution in [0.4, 0.5) is 0 Å². The molecule has 3 amide bonds. The summed E-state index contributed by atoms with van der Waals surface area (Å²) < 4.78 is 0. The minimum Gasteiger partial charge on any atom is -0.508 e. The van der Waals surface area contributed by atoms with Crippen LogP contribution in [-0.4, -0.2) is 75.0 Å². The largest absolute Gasteiger partial charge is 0.508 e. The number of nitrogens with one attached hydrogen (secondary N) is 3. The summed E-state index contributed by atoms with van der Waals surface area (Å²) in [6.45, 7) is 4.93. The lowest BCUT2D eigenvalue weighted by molar-refractivity contribution is -0.142. The number of amides is 3. The molecule has 1 aromatic rings. The predicted octanol–water partition coefficient (Wildman–Crippen LogP) is -0.842. The van der Waals surface area contributed by atoms with Crippen molar-refractivity contribution >= 4 is 36.3 Å². The first-order chi connectivity index (χ1) is 15.9. The van der Waals surface area contributed by atoms with Crippen LogP contribution in [0.2, 0.25) is 0 Å². The van der Waals surface area contributed by atoms with Gasteiger partial charge in [0.2, 0.25) is 17.7 Å². The van der Waals surface area contributed by atoms with Crippen molar-refractivity contribution in [1.29, 1.82) is 0 Å². The van der Waals surface area contributed by atoms with Gasteiger partial charge < -0.3 is 37.0 Å². The Morgan fingerprint density at radius 2 is 1.53 bits per heavy atom. The van der Waals surface area contributed by atoms with E-state index in [-0.39, 0.29) is 23.8 Å². The average molecular weight is 499 g/mol. The molecule has 0 aliphatic rings. The predicted molar refractivity (Wildman–Crippen MR) is 128 cm³/mol. The topological polar surface area (TPSA) is 191 Å². The number of carboxylic acids is 1. The summed E-state index contributed by atoms with van der Waals surface area (Å²) in [7, 11) is 0. The summed E-state index contributed by atoms with van der Waals surface area (Å²) in [5, 5.41) is 35.8. The van der Waals surface area contributed by atoms with E-state index in [1.165, 1.54) is 19.1 Å². The second kappa shape index (κ2) is 13.8. The molecule has 6 unspecified atom stereocenters. The number of carbonyl (C=O) groups is 4. The molecule has 0 aromatic heterocycles. The van der Waals surface area contributed by atoms with Gasteiger partial charge in [-0.2, -0.15) is 12.6 Å². The maximum Gasteiger partial charge on any atom is 0.327 e. The van der Waals surface area contributed by atoms with Crippen molar-refractivity contribution in [2.24, 2.45) is 11.7 Å². The molecular formula is C22H34N4O7S. The van der Waals surface area contributed by atoms with E-state index in [0.717, 1.165) is 0 Å². The van der Waals surface area contributed by atoms with E-state index < -0.39 is 54.0 Å².